The smallest absolute Gasteiger partial charge is 0.408 e. The number of rotatable bonds is 15. The van der Waals surface area contributed by atoms with Crippen molar-refractivity contribution in [1.82, 2.24) is 20.4 Å². The Morgan fingerprint density at radius 3 is 1.92 bits per heavy atom. The number of amides is 4. The van der Waals surface area contributed by atoms with E-state index in [1.807, 2.05) is 115 Å². The number of nitrogens with zero attached hydrogens (tertiary/aromatic N) is 2. The fourth-order valence-corrected chi connectivity index (χ4v) is 7.24. The Kier molecular flexibility index (Phi) is 13.4. The molecule has 53 heavy (non-hydrogen) atoms. The van der Waals surface area contributed by atoms with Gasteiger partial charge in [0.2, 0.25) is 17.7 Å². The molecule has 1 aliphatic rings. The molecule has 1 aliphatic heterocycles. The molecule has 4 aromatic rings. The summed E-state index contributed by atoms with van der Waals surface area (Å²) in [5, 5.41) is 16.4. The number of nitrogens with one attached hydrogen (secondary N) is 2. The normalized spacial score (nSPS) is 14.6. The molecule has 3 N–H and O–H groups in total. The van der Waals surface area contributed by atoms with E-state index in [2.05, 4.69) is 10.6 Å². The third-order valence-electron chi connectivity index (χ3n) is 9.97. The summed E-state index contributed by atoms with van der Waals surface area (Å²) < 4.78 is 0. The van der Waals surface area contributed by atoms with Crippen molar-refractivity contribution < 1.29 is 24.3 Å². The second-order valence-electron chi connectivity index (χ2n) is 14.7. The van der Waals surface area contributed by atoms with E-state index in [-0.39, 0.29) is 30.1 Å². The molecule has 2 unspecified atom stereocenters. The molecule has 0 bridgehead atoms. The first-order valence-corrected chi connectivity index (χ1v) is 18.6. The van der Waals surface area contributed by atoms with Crippen molar-refractivity contribution in [3.63, 3.8) is 0 Å². The second-order valence-corrected chi connectivity index (χ2v) is 14.7. The van der Waals surface area contributed by atoms with Crippen LogP contribution in [0.25, 0.3) is 0 Å². The molecule has 4 aromatic carbocycles. The van der Waals surface area contributed by atoms with Crippen molar-refractivity contribution in [3.05, 3.63) is 143 Å². The minimum Gasteiger partial charge on any atom is -0.465 e. The number of fused-ring (bicyclic) bond motifs is 1. The van der Waals surface area contributed by atoms with Crippen LogP contribution in [0.5, 0.6) is 0 Å². The monoisotopic (exact) mass is 716 g/mol. The number of unbranched alkanes of at least 4 members (excludes halogenated alkanes) is 1. The summed E-state index contributed by atoms with van der Waals surface area (Å²) in [6.07, 6.45) is 1.51. The van der Waals surface area contributed by atoms with Crippen LogP contribution in [0.1, 0.15) is 80.2 Å². The van der Waals surface area contributed by atoms with Crippen LogP contribution in [-0.4, -0.2) is 69.4 Å². The van der Waals surface area contributed by atoms with Gasteiger partial charge in [0.15, 0.2) is 0 Å². The maximum Gasteiger partial charge on any atom is 0.408 e. The van der Waals surface area contributed by atoms with Crippen molar-refractivity contribution in [2.24, 2.45) is 0 Å². The molecule has 278 valence electrons. The summed E-state index contributed by atoms with van der Waals surface area (Å²) in [5.41, 5.74) is 4.46. The zero-order chi connectivity index (χ0) is 37.8. The predicted molar refractivity (Wildman–Crippen MR) is 207 cm³/mol. The number of carboxylic acid groups (broad SMARTS) is 1. The highest BCUT2D eigenvalue weighted by Gasteiger charge is 2.38. The molecular formula is C44H52N4O5. The first-order chi connectivity index (χ1) is 25.5. The van der Waals surface area contributed by atoms with Crippen LogP contribution in [0.15, 0.2) is 115 Å². The zero-order valence-corrected chi connectivity index (χ0v) is 31.0. The molecule has 2 atom stereocenters. The molecule has 0 spiro atoms. The lowest BCUT2D eigenvalue weighted by Crippen LogP contribution is -2.57. The van der Waals surface area contributed by atoms with Gasteiger partial charge in [-0.25, -0.2) is 4.79 Å². The van der Waals surface area contributed by atoms with Gasteiger partial charge in [0, 0.05) is 43.9 Å². The molecule has 0 aromatic heterocycles. The van der Waals surface area contributed by atoms with Crippen LogP contribution in [0.3, 0.4) is 0 Å². The first-order valence-electron chi connectivity index (χ1n) is 18.6. The largest absolute Gasteiger partial charge is 0.465 e. The van der Waals surface area contributed by atoms with Crippen molar-refractivity contribution >= 4 is 23.8 Å². The van der Waals surface area contributed by atoms with E-state index in [0.29, 0.717) is 51.7 Å². The zero-order valence-electron chi connectivity index (χ0n) is 31.0. The Balaban J connectivity index is 1.21. The highest BCUT2D eigenvalue weighted by Crippen LogP contribution is 2.27. The van der Waals surface area contributed by atoms with Gasteiger partial charge in [0.05, 0.1) is 0 Å². The fourth-order valence-electron chi connectivity index (χ4n) is 7.24. The van der Waals surface area contributed by atoms with Gasteiger partial charge in [-0.15, -0.1) is 0 Å². The van der Waals surface area contributed by atoms with E-state index in [1.54, 1.807) is 25.7 Å². The van der Waals surface area contributed by atoms with Crippen LogP contribution in [0, 0.1) is 0 Å². The second kappa shape index (κ2) is 18.4. The average molecular weight is 717 g/mol. The Labute approximate surface area is 313 Å². The van der Waals surface area contributed by atoms with Crippen LogP contribution in [0.2, 0.25) is 0 Å². The van der Waals surface area contributed by atoms with Gasteiger partial charge >= 0.3 is 6.09 Å². The van der Waals surface area contributed by atoms with E-state index in [0.717, 1.165) is 27.8 Å². The molecule has 0 saturated heterocycles. The minimum atomic E-state index is -1.16. The SMILES string of the molecule is CC(C)(C)N(C(=O)O)C(CCCCNC(=O)C1Cc2ccccc2CN1C(=O)CCc1ccccc1)C(=O)NCC(c1ccccc1)c1ccccc1. The standard InChI is InChI=1S/C44H52N4O5/c1-44(2,3)48(43(52)53)38(41(50)46-30-37(33-19-9-5-10-20-33)34-21-11-6-12-22-34)25-15-16-28-45-42(51)39-29-35-23-13-14-24-36(35)31-47(39)40(49)27-26-32-17-7-4-8-18-32/h4-14,17-24,37-39H,15-16,25-31H2,1-3H3,(H,45,51)(H,46,50)(H,52,53). The third-order valence-corrected chi connectivity index (χ3v) is 9.97. The van der Waals surface area contributed by atoms with Crippen LogP contribution < -0.4 is 10.6 Å². The molecule has 9 nitrogen and oxygen atoms in total. The van der Waals surface area contributed by atoms with Gasteiger partial charge in [0.1, 0.15) is 12.1 Å². The number of aryl methyl sites for hydroxylation is 1. The maximum absolute atomic E-state index is 13.9. The molecule has 0 aliphatic carbocycles. The van der Waals surface area contributed by atoms with E-state index in [9.17, 15) is 24.3 Å². The molecule has 9 heteroatoms. The van der Waals surface area contributed by atoms with Crippen molar-refractivity contribution in [2.75, 3.05) is 13.1 Å². The Hall–Kier alpha value is -5.44. The Bertz CT molecular complexity index is 1770. The van der Waals surface area contributed by atoms with Gasteiger partial charge in [-0.05, 0) is 74.3 Å². The summed E-state index contributed by atoms with van der Waals surface area (Å²) in [6.45, 7) is 6.38. The van der Waals surface area contributed by atoms with Crippen LogP contribution in [0.4, 0.5) is 4.79 Å². The van der Waals surface area contributed by atoms with Crippen LogP contribution >= 0.6 is 0 Å². The summed E-state index contributed by atoms with van der Waals surface area (Å²) >= 11 is 0. The number of benzene rings is 4. The van der Waals surface area contributed by atoms with Gasteiger partial charge in [0.25, 0.3) is 0 Å². The maximum atomic E-state index is 13.9. The van der Waals surface area contributed by atoms with Crippen LogP contribution in [-0.2, 0) is 33.8 Å². The molecule has 5 rings (SSSR count). The molecule has 0 fully saturated rings. The molecular weight excluding hydrogens is 665 g/mol. The lowest BCUT2D eigenvalue weighted by molar-refractivity contribution is -0.141. The highest BCUT2D eigenvalue weighted by molar-refractivity contribution is 5.88. The van der Waals surface area contributed by atoms with Crippen molar-refractivity contribution in [3.8, 4) is 0 Å². The quantitative estimate of drug-likeness (QED) is 0.115. The molecule has 1 heterocycles. The number of carbonyl (C=O) groups is 4. The molecule has 0 radical (unpaired) electrons. The van der Waals surface area contributed by atoms with Crippen molar-refractivity contribution in [1.29, 1.82) is 0 Å². The van der Waals surface area contributed by atoms with E-state index in [1.165, 1.54) is 4.90 Å². The predicted octanol–water partition coefficient (Wildman–Crippen LogP) is 6.95. The van der Waals surface area contributed by atoms with E-state index >= 15 is 0 Å². The number of hydrogen-bond donors (Lipinski definition) is 3. The lowest BCUT2D eigenvalue weighted by Gasteiger charge is -2.39. The summed E-state index contributed by atoms with van der Waals surface area (Å²) in [6, 6.07) is 36.1. The van der Waals surface area contributed by atoms with Gasteiger partial charge in [-0.1, -0.05) is 115 Å². The minimum absolute atomic E-state index is 0.0601. The van der Waals surface area contributed by atoms with Gasteiger partial charge in [-0.3, -0.25) is 19.3 Å². The lowest BCUT2D eigenvalue weighted by atomic mass is 9.91. The van der Waals surface area contributed by atoms with E-state index in [4.69, 9.17) is 0 Å². The Morgan fingerprint density at radius 1 is 0.774 bits per heavy atom. The summed E-state index contributed by atoms with van der Waals surface area (Å²) in [4.78, 5) is 56.6. The Morgan fingerprint density at radius 2 is 1.34 bits per heavy atom. The molecule has 4 amide bonds. The fraction of sp³-hybridized carbons (Fsp3) is 0.364. The van der Waals surface area contributed by atoms with Gasteiger partial charge in [-0.2, -0.15) is 0 Å². The number of carbonyl (C=O) groups excluding carboxylic acids is 3. The number of hydrogen-bond acceptors (Lipinski definition) is 4. The van der Waals surface area contributed by atoms with Crippen molar-refractivity contribution in [2.45, 2.75) is 89.4 Å². The average Bonchev–Trinajstić information content (AvgIpc) is 3.16. The topological polar surface area (TPSA) is 119 Å². The highest BCUT2D eigenvalue weighted by atomic mass is 16.4. The van der Waals surface area contributed by atoms with E-state index < -0.39 is 23.7 Å². The molecule has 0 saturated carbocycles. The first kappa shape index (κ1) is 38.8. The summed E-state index contributed by atoms with van der Waals surface area (Å²) in [7, 11) is 0. The third kappa shape index (κ3) is 10.6. The van der Waals surface area contributed by atoms with Gasteiger partial charge < -0.3 is 20.6 Å². The summed E-state index contributed by atoms with van der Waals surface area (Å²) in [5.74, 6) is -0.734.